The Morgan fingerprint density at radius 1 is 1.58 bits per heavy atom. The minimum Gasteiger partial charge on any atom is -0.477 e. The number of nitriles is 1. The summed E-state index contributed by atoms with van der Waals surface area (Å²) in [6.07, 6.45) is 0.481. The highest BCUT2D eigenvalue weighted by Gasteiger charge is 2.31. The average Bonchev–Trinajstić information content (AvgIpc) is 2.84. The lowest BCUT2D eigenvalue weighted by Gasteiger charge is -2.16. The van der Waals surface area contributed by atoms with Gasteiger partial charge in [-0.15, -0.1) is 0 Å². The summed E-state index contributed by atoms with van der Waals surface area (Å²) in [5.41, 5.74) is 0.561. The standard InChI is InChI=1S/C14H16N2O3/c1-10-6-8-19-13(10)14(17)16-11-4-2-3-5-12(11)18-9-7-15/h2-5,10,13H,6,8-9H2,1H3,(H,16,17). The van der Waals surface area contributed by atoms with Gasteiger partial charge in [-0.3, -0.25) is 4.79 Å². The van der Waals surface area contributed by atoms with Crippen molar-refractivity contribution in [3.05, 3.63) is 24.3 Å². The van der Waals surface area contributed by atoms with Crippen LogP contribution in [0.1, 0.15) is 13.3 Å². The summed E-state index contributed by atoms with van der Waals surface area (Å²) in [6.45, 7) is 2.56. The van der Waals surface area contributed by atoms with Crippen LogP contribution in [0.4, 0.5) is 5.69 Å². The van der Waals surface area contributed by atoms with Crippen LogP contribution < -0.4 is 10.1 Å². The van der Waals surface area contributed by atoms with Crippen LogP contribution >= 0.6 is 0 Å². The highest BCUT2D eigenvalue weighted by molar-refractivity contribution is 5.95. The van der Waals surface area contributed by atoms with Crippen molar-refractivity contribution in [2.24, 2.45) is 5.92 Å². The molecule has 1 N–H and O–H groups in total. The third-order valence-corrected chi connectivity index (χ3v) is 3.08. The Morgan fingerprint density at radius 3 is 3.05 bits per heavy atom. The zero-order chi connectivity index (χ0) is 13.7. The first kappa shape index (κ1) is 13.4. The molecule has 0 bridgehead atoms. The van der Waals surface area contributed by atoms with Gasteiger partial charge in [0, 0.05) is 6.61 Å². The van der Waals surface area contributed by atoms with Gasteiger partial charge < -0.3 is 14.8 Å². The topological polar surface area (TPSA) is 71.3 Å². The van der Waals surface area contributed by atoms with Crippen molar-refractivity contribution in [1.82, 2.24) is 0 Å². The maximum absolute atomic E-state index is 12.1. The number of hydrogen-bond donors (Lipinski definition) is 1. The molecule has 1 saturated heterocycles. The molecule has 0 aromatic heterocycles. The normalized spacial score (nSPS) is 21.7. The van der Waals surface area contributed by atoms with E-state index < -0.39 is 6.10 Å². The van der Waals surface area contributed by atoms with Gasteiger partial charge in [-0.2, -0.15) is 5.26 Å². The predicted molar refractivity (Wildman–Crippen MR) is 69.7 cm³/mol. The average molecular weight is 260 g/mol. The number of carbonyl (C=O) groups is 1. The van der Waals surface area contributed by atoms with Crippen molar-refractivity contribution in [2.75, 3.05) is 18.5 Å². The molecule has 1 fully saturated rings. The Bertz CT molecular complexity index is 496. The third-order valence-electron chi connectivity index (χ3n) is 3.08. The quantitative estimate of drug-likeness (QED) is 0.898. The van der Waals surface area contributed by atoms with Gasteiger partial charge in [-0.05, 0) is 24.5 Å². The highest BCUT2D eigenvalue weighted by Crippen LogP contribution is 2.26. The Balaban J connectivity index is 2.06. The van der Waals surface area contributed by atoms with E-state index in [0.29, 0.717) is 18.0 Å². The molecular weight excluding hydrogens is 244 g/mol. The van der Waals surface area contributed by atoms with Crippen LogP contribution in [0.2, 0.25) is 0 Å². The van der Waals surface area contributed by atoms with Crippen LogP contribution in [-0.2, 0) is 9.53 Å². The highest BCUT2D eigenvalue weighted by atomic mass is 16.5. The summed E-state index contributed by atoms with van der Waals surface area (Å²) in [6, 6.07) is 8.94. The van der Waals surface area contributed by atoms with Gasteiger partial charge in [0.25, 0.3) is 5.91 Å². The first-order valence-corrected chi connectivity index (χ1v) is 6.23. The second kappa shape index (κ2) is 6.21. The molecule has 2 rings (SSSR count). The number of carbonyl (C=O) groups excluding carboxylic acids is 1. The first-order chi connectivity index (χ1) is 9.22. The number of anilines is 1. The van der Waals surface area contributed by atoms with E-state index in [1.54, 1.807) is 24.3 Å². The molecule has 1 heterocycles. The Hall–Kier alpha value is -2.06. The second-order valence-electron chi connectivity index (χ2n) is 4.49. The Kier molecular flexibility index (Phi) is 4.37. The van der Waals surface area contributed by atoms with Crippen LogP contribution in [0, 0.1) is 17.2 Å². The SMILES string of the molecule is CC1CCOC1C(=O)Nc1ccccc1OCC#N. The smallest absolute Gasteiger partial charge is 0.253 e. The minimum absolute atomic E-state index is 0.0524. The molecular formula is C14H16N2O3. The molecule has 2 atom stereocenters. The van der Waals surface area contributed by atoms with E-state index >= 15 is 0 Å². The van der Waals surface area contributed by atoms with E-state index in [1.165, 1.54) is 0 Å². The predicted octanol–water partition coefficient (Wildman–Crippen LogP) is 1.95. The molecule has 1 aliphatic rings. The Morgan fingerprint density at radius 2 is 2.37 bits per heavy atom. The molecule has 0 spiro atoms. The van der Waals surface area contributed by atoms with Crippen molar-refractivity contribution in [2.45, 2.75) is 19.4 Å². The lowest BCUT2D eigenvalue weighted by atomic mass is 10.0. The third kappa shape index (κ3) is 3.24. The van der Waals surface area contributed by atoms with Crippen LogP contribution in [0.3, 0.4) is 0 Å². The van der Waals surface area contributed by atoms with Crippen LogP contribution in [0.15, 0.2) is 24.3 Å². The number of hydrogen-bond acceptors (Lipinski definition) is 4. The van der Waals surface area contributed by atoms with E-state index in [-0.39, 0.29) is 18.4 Å². The molecule has 1 aromatic rings. The van der Waals surface area contributed by atoms with E-state index in [4.69, 9.17) is 14.7 Å². The maximum atomic E-state index is 12.1. The molecule has 5 nitrogen and oxygen atoms in total. The monoisotopic (exact) mass is 260 g/mol. The summed E-state index contributed by atoms with van der Waals surface area (Å²) < 4.78 is 10.7. The summed E-state index contributed by atoms with van der Waals surface area (Å²) in [4.78, 5) is 12.1. The fraction of sp³-hybridized carbons (Fsp3) is 0.429. The van der Waals surface area contributed by atoms with Crippen molar-refractivity contribution in [3.63, 3.8) is 0 Å². The molecule has 1 amide bonds. The van der Waals surface area contributed by atoms with Gasteiger partial charge in [0.2, 0.25) is 0 Å². The summed E-state index contributed by atoms with van der Waals surface area (Å²) in [7, 11) is 0. The minimum atomic E-state index is -0.413. The van der Waals surface area contributed by atoms with Gasteiger partial charge in [0.15, 0.2) is 6.61 Å². The zero-order valence-electron chi connectivity index (χ0n) is 10.8. The summed E-state index contributed by atoms with van der Waals surface area (Å²) in [5.74, 6) is 0.535. The molecule has 100 valence electrons. The lowest BCUT2D eigenvalue weighted by Crippen LogP contribution is -2.31. The zero-order valence-corrected chi connectivity index (χ0v) is 10.8. The first-order valence-electron chi connectivity index (χ1n) is 6.23. The van der Waals surface area contributed by atoms with Crippen LogP contribution in [-0.4, -0.2) is 25.2 Å². The maximum Gasteiger partial charge on any atom is 0.253 e. The molecule has 19 heavy (non-hydrogen) atoms. The van der Waals surface area contributed by atoms with Gasteiger partial charge in [-0.25, -0.2) is 0 Å². The molecule has 2 unspecified atom stereocenters. The lowest BCUT2D eigenvalue weighted by molar-refractivity contribution is -0.126. The van der Waals surface area contributed by atoms with Crippen molar-refractivity contribution < 1.29 is 14.3 Å². The molecule has 0 aliphatic carbocycles. The number of para-hydroxylation sites is 2. The van der Waals surface area contributed by atoms with Crippen molar-refractivity contribution >= 4 is 11.6 Å². The van der Waals surface area contributed by atoms with Crippen LogP contribution in [0.25, 0.3) is 0 Å². The van der Waals surface area contributed by atoms with Gasteiger partial charge >= 0.3 is 0 Å². The van der Waals surface area contributed by atoms with Crippen LogP contribution in [0.5, 0.6) is 5.75 Å². The molecule has 0 radical (unpaired) electrons. The van der Waals surface area contributed by atoms with E-state index in [2.05, 4.69) is 5.32 Å². The number of ether oxygens (including phenoxy) is 2. The van der Waals surface area contributed by atoms with Gasteiger partial charge in [0.1, 0.15) is 17.9 Å². The van der Waals surface area contributed by atoms with Crippen molar-refractivity contribution in [1.29, 1.82) is 5.26 Å². The Labute approximate surface area is 112 Å². The van der Waals surface area contributed by atoms with Gasteiger partial charge in [-0.1, -0.05) is 19.1 Å². The second-order valence-corrected chi connectivity index (χ2v) is 4.49. The molecule has 5 heteroatoms. The molecule has 1 aliphatic heterocycles. The summed E-state index contributed by atoms with van der Waals surface area (Å²) >= 11 is 0. The molecule has 1 aromatic carbocycles. The number of amides is 1. The number of rotatable bonds is 4. The largest absolute Gasteiger partial charge is 0.477 e. The number of nitrogens with one attached hydrogen (secondary N) is 1. The van der Waals surface area contributed by atoms with Gasteiger partial charge in [0.05, 0.1) is 5.69 Å². The van der Waals surface area contributed by atoms with Crippen molar-refractivity contribution in [3.8, 4) is 11.8 Å². The fourth-order valence-electron chi connectivity index (χ4n) is 2.04. The van der Waals surface area contributed by atoms with E-state index in [0.717, 1.165) is 6.42 Å². The molecule has 0 saturated carbocycles. The van der Waals surface area contributed by atoms with E-state index in [9.17, 15) is 4.79 Å². The number of nitrogens with zero attached hydrogens (tertiary/aromatic N) is 1. The fourth-order valence-corrected chi connectivity index (χ4v) is 2.04. The van der Waals surface area contributed by atoms with E-state index in [1.807, 2.05) is 13.0 Å². The summed E-state index contributed by atoms with van der Waals surface area (Å²) in [5, 5.41) is 11.3. The number of benzene rings is 1.